The topological polar surface area (TPSA) is 49.8 Å². The number of amides is 1. The summed E-state index contributed by atoms with van der Waals surface area (Å²) in [5, 5.41) is 9.91. The number of thiocarbonyl (C=S) groups is 1. The zero-order valence-electron chi connectivity index (χ0n) is 12.4. The van der Waals surface area contributed by atoms with E-state index >= 15 is 0 Å². The Balaban J connectivity index is 2.33. The van der Waals surface area contributed by atoms with Crippen molar-refractivity contribution in [2.75, 3.05) is 13.7 Å². The van der Waals surface area contributed by atoms with E-state index in [1.807, 2.05) is 13.8 Å². The standard InChI is InChI=1S/C15H16ClNO3S2/c1-8(2)7-17-14(19)12(22-15(17)21)6-9-4-10(16)13(18)11(5-9)20-3/h4-6,8,18H,7H2,1-3H3/b12-6+. The molecule has 0 radical (unpaired) electrons. The van der Waals surface area contributed by atoms with Gasteiger partial charge in [-0.2, -0.15) is 0 Å². The maximum atomic E-state index is 12.4. The van der Waals surface area contributed by atoms with Crippen molar-refractivity contribution in [2.45, 2.75) is 13.8 Å². The van der Waals surface area contributed by atoms with E-state index in [9.17, 15) is 9.90 Å². The summed E-state index contributed by atoms with van der Waals surface area (Å²) in [6, 6.07) is 3.20. The predicted octanol–water partition coefficient (Wildman–Crippen LogP) is 3.91. The van der Waals surface area contributed by atoms with Crippen molar-refractivity contribution in [1.29, 1.82) is 0 Å². The van der Waals surface area contributed by atoms with Gasteiger partial charge in [0, 0.05) is 6.54 Å². The van der Waals surface area contributed by atoms with Crippen LogP contribution in [0, 0.1) is 5.92 Å². The van der Waals surface area contributed by atoms with E-state index in [4.69, 9.17) is 28.6 Å². The average molecular weight is 358 g/mol. The second kappa shape index (κ2) is 6.89. The van der Waals surface area contributed by atoms with E-state index in [1.165, 1.54) is 18.9 Å². The summed E-state index contributed by atoms with van der Waals surface area (Å²) in [4.78, 5) is 14.5. The molecule has 1 aliphatic heterocycles. The highest BCUT2D eigenvalue weighted by Gasteiger charge is 2.32. The molecule has 1 fully saturated rings. The highest BCUT2D eigenvalue weighted by molar-refractivity contribution is 8.26. The summed E-state index contributed by atoms with van der Waals surface area (Å²) in [6.45, 7) is 4.67. The van der Waals surface area contributed by atoms with Gasteiger partial charge < -0.3 is 9.84 Å². The Morgan fingerprint density at radius 3 is 2.77 bits per heavy atom. The van der Waals surface area contributed by atoms with Gasteiger partial charge in [0.1, 0.15) is 4.32 Å². The maximum absolute atomic E-state index is 12.4. The van der Waals surface area contributed by atoms with Crippen molar-refractivity contribution < 1.29 is 14.6 Å². The smallest absolute Gasteiger partial charge is 0.266 e. The molecule has 1 aromatic rings. The van der Waals surface area contributed by atoms with Crippen molar-refractivity contribution in [3.63, 3.8) is 0 Å². The third-order valence-electron chi connectivity index (χ3n) is 2.99. The highest BCUT2D eigenvalue weighted by Crippen LogP contribution is 2.38. The molecular weight excluding hydrogens is 342 g/mol. The SMILES string of the molecule is COc1cc(/C=C2/SC(=S)N(CC(C)C)C2=O)cc(Cl)c1O. The molecule has 2 rings (SSSR count). The van der Waals surface area contributed by atoms with Crippen LogP contribution >= 0.6 is 35.6 Å². The molecule has 0 unspecified atom stereocenters. The molecule has 1 saturated heterocycles. The van der Waals surface area contributed by atoms with Crippen LogP contribution in [0.1, 0.15) is 19.4 Å². The number of aromatic hydroxyl groups is 1. The summed E-state index contributed by atoms with van der Waals surface area (Å²) in [5.41, 5.74) is 0.671. The molecule has 7 heteroatoms. The first kappa shape index (κ1) is 17.1. The number of hydrogen-bond donors (Lipinski definition) is 1. The monoisotopic (exact) mass is 357 g/mol. The Bertz CT molecular complexity index is 658. The fourth-order valence-corrected chi connectivity index (χ4v) is 3.50. The van der Waals surface area contributed by atoms with Gasteiger partial charge in [0.2, 0.25) is 0 Å². The lowest BCUT2D eigenvalue weighted by Gasteiger charge is -2.16. The van der Waals surface area contributed by atoms with Crippen LogP contribution in [0.15, 0.2) is 17.0 Å². The molecule has 0 bridgehead atoms. The fraction of sp³-hybridized carbons (Fsp3) is 0.333. The molecule has 0 atom stereocenters. The summed E-state index contributed by atoms with van der Waals surface area (Å²) in [6.07, 6.45) is 1.70. The van der Waals surface area contributed by atoms with Crippen LogP contribution in [0.3, 0.4) is 0 Å². The zero-order chi connectivity index (χ0) is 16.4. The second-order valence-corrected chi connectivity index (χ2v) is 7.32. The van der Waals surface area contributed by atoms with Gasteiger partial charge in [-0.25, -0.2) is 0 Å². The number of phenols is 1. The van der Waals surface area contributed by atoms with Crippen molar-refractivity contribution in [3.05, 3.63) is 27.6 Å². The number of rotatable bonds is 4. The quantitative estimate of drug-likeness (QED) is 0.654. The first-order valence-corrected chi connectivity index (χ1v) is 8.25. The van der Waals surface area contributed by atoms with E-state index in [2.05, 4.69) is 0 Å². The van der Waals surface area contributed by atoms with E-state index < -0.39 is 0 Å². The van der Waals surface area contributed by atoms with E-state index in [0.29, 0.717) is 27.3 Å². The number of benzene rings is 1. The lowest BCUT2D eigenvalue weighted by molar-refractivity contribution is -0.122. The van der Waals surface area contributed by atoms with Gasteiger partial charge in [0.25, 0.3) is 5.91 Å². The van der Waals surface area contributed by atoms with E-state index in [1.54, 1.807) is 23.1 Å². The lowest BCUT2D eigenvalue weighted by atomic mass is 10.1. The van der Waals surface area contributed by atoms with Gasteiger partial charge in [-0.15, -0.1) is 0 Å². The Kier molecular flexibility index (Phi) is 5.36. The van der Waals surface area contributed by atoms with Crippen molar-refractivity contribution in [3.8, 4) is 11.5 Å². The van der Waals surface area contributed by atoms with Crippen LogP contribution in [0.5, 0.6) is 11.5 Å². The number of carbonyl (C=O) groups is 1. The zero-order valence-corrected chi connectivity index (χ0v) is 14.8. The molecule has 1 aromatic carbocycles. The summed E-state index contributed by atoms with van der Waals surface area (Å²) in [7, 11) is 1.44. The first-order valence-electron chi connectivity index (χ1n) is 6.65. The van der Waals surface area contributed by atoms with Crippen LogP contribution in [-0.4, -0.2) is 33.9 Å². The van der Waals surface area contributed by atoms with Crippen molar-refractivity contribution in [2.24, 2.45) is 5.92 Å². The van der Waals surface area contributed by atoms with Gasteiger partial charge in [0.15, 0.2) is 11.5 Å². The molecule has 0 spiro atoms. The van der Waals surface area contributed by atoms with Gasteiger partial charge >= 0.3 is 0 Å². The molecular formula is C15H16ClNO3S2. The Labute approximate surface area is 144 Å². The van der Waals surface area contributed by atoms with Crippen LogP contribution in [0.4, 0.5) is 0 Å². The van der Waals surface area contributed by atoms with Crippen molar-refractivity contribution in [1.82, 2.24) is 4.90 Å². The minimum Gasteiger partial charge on any atom is -0.503 e. The lowest BCUT2D eigenvalue weighted by Crippen LogP contribution is -2.31. The summed E-state index contributed by atoms with van der Waals surface area (Å²) in [5.74, 6) is 0.377. The summed E-state index contributed by atoms with van der Waals surface area (Å²) >= 11 is 12.5. The number of thioether (sulfide) groups is 1. The molecule has 0 aliphatic carbocycles. The van der Waals surface area contributed by atoms with Crippen LogP contribution < -0.4 is 4.74 Å². The van der Waals surface area contributed by atoms with Crippen LogP contribution in [0.25, 0.3) is 6.08 Å². The first-order chi connectivity index (χ1) is 10.3. The molecule has 1 heterocycles. The van der Waals surface area contributed by atoms with Gasteiger partial charge in [-0.05, 0) is 29.7 Å². The predicted molar refractivity (Wildman–Crippen MR) is 94.4 cm³/mol. The number of halogens is 1. The number of phenolic OH excluding ortho intramolecular Hbond substituents is 1. The third-order valence-corrected chi connectivity index (χ3v) is 4.66. The number of methoxy groups -OCH3 is 1. The molecule has 4 nitrogen and oxygen atoms in total. The fourth-order valence-electron chi connectivity index (χ4n) is 2.01. The maximum Gasteiger partial charge on any atom is 0.266 e. The van der Waals surface area contributed by atoms with Crippen molar-refractivity contribution >= 4 is 51.9 Å². The Morgan fingerprint density at radius 2 is 2.18 bits per heavy atom. The molecule has 1 amide bonds. The summed E-state index contributed by atoms with van der Waals surface area (Å²) < 4.78 is 5.62. The number of ether oxygens (including phenoxy) is 1. The minimum absolute atomic E-state index is 0.105. The Morgan fingerprint density at radius 1 is 1.50 bits per heavy atom. The number of hydrogen-bond acceptors (Lipinski definition) is 5. The second-order valence-electron chi connectivity index (χ2n) is 5.24. The largest absolute Gasteiger partial charge is 0.503 e. The molecule has 0 aromatic heterocycles. The molecule has 0 saturated carbocycles. The molecule has 1 aliphatic rings. The number of carbonyl (C=O) groups excluding carboxylic acids is 1. The molecule has 118 valence electrons. The van der Waals surface area contributed by atoms with Crippen LogP contribution in [-0.2, 0) is 4.79 Å². The normalized spacial score (nSPS) is 17.0. The average Bonchev–Trinajstić information content (AvgIpc) is 2.70. The third kappa shape index (κ3) is 3.56. The van der Waals surface area contributed by atoms with Gasteiger partial charge in [-0.1, -0.05) is 49.4 Å². The van der Waals surface area contributed by atoms with E-state index in [0.717, 1.165) is 0 Å². The Hall–Kier alpha value is -1.24. The van der Waals surface area contributed by atoms with Gasteiger partial charge in [0.05, 0.1) is 17.0 Å². The number of nitrogens with zero attached hydrogens (tertiary/aromatic N) is 1. The minimum atomic E-state index is -0.117. The van der Waals surface area contributed by atoms with Crippen LogP contribution in [0.2, 0.25) is 5.02 Å². The molecule has 22 heavy (non-hydrogen) atoms. The van der Waals surface area contributed by atoms with Gasteiger partial charge in [-0.3, -0.25) is 9.69 Å². The highest BCUT2D eigenvalue weighted by atomic mass is 35.5. The van der Waals surface area contributed by atoms with E-state index in [-0.39, 0.29) is 22.4 Å². The molecule has 1 N–H and O–H groups in total.